The monoisotopic (exact) mass is 217 g/mol. The molecule has 0 N–H and O–H groups in total. The lowest BCUT2D eigenvalue weighted by molar-refractivity contribution is 0.128. The van der Waals surface area contributed by atoms with E-state index in [1.165, 1.54) is 0 Å². The van der Waals surface area contributed by atoms with Crippen molar-refractivity contribution < 1.29 is 4.74 Å². The van der Waals surface area contributed by atoms with Crippen molar-refractivity contribution >= 4 is 0 Å². The van der Waals surface area contributed by atoms with Crippen molar-refractivity contribution in [1.29, 1.82) is 0 Å². The molecule has 2 aromatic rings. The lowest BCUT2D eigenvalue weighted by atomic mass is 10.2. The Morgan fingerprint density at radius 3 is 2.75 bits per heavy atom. The molecule has 84 valence electrons. The minimum absolute atomic E-state index is 0.525. The van der Waals surface area contributed by atoms with Crippen molar-refractivity contribution in [1.82, 2.24) is 14.5 Å². The summed E-state index contributed by atoms with van der Waals surface area (Å²) in [5, 5.41) is 0. The van der Waals surface area contributed by atoms with E-state index in [9.17, 15) is 0 Å². The number of hydrogen-bond donors (Lipinski definition) is 0. The standard InChI is InChI=1S/C12H15N3O/c1-9-12(11-6-4-5-7-13-11)14-10(2)15(9)8-16-3/h4-7H,8H2,1-3H3. The van der Waals surface area contributed by atoms with Crippen molar-refractivity contribution in [3.63, 3.8) is 0 Å². The van der Waals surface area contributed by atoms with Gasteiger partial charge in [-0.15, -0.1) is 0 Å². The Kier molecular flexibility index (Phi) is 3.01. The van der Waals surface area contributed by atoms with Crippen LogP contribution in [0.25, 0.3) is 11.4 Å². The molecular formula is C12H15N3O. The Labute approximate surface area is 94.9 Å². The Morgan fingerprint density at radius 1 is 1.31 bits per heavy atom. The number of aromatic nitrogens is 3. The van der Waals surface area contributed by atoms with Gasteiger partial charge < -0.3 is 9.30 Å². The third-order valence-electron chi connectivity index (χ3n) is 2.58. The summed E-state index contributed by atoms with van der Waals surface area (Å²) < 4.78 is 7.17. The van der Waals surface area contributed by atoms with Gasteiger partial charge in [0.15, 0.2) is 0 Å². The van der Waals surface area contributed by atoms with Gasteiger partial charge in [0.2, 0.25) is 0 Å². The van der Waals surface area contributed by atoms with Gasteiger partial charge in [-0.25, -0.2) is 4.98 Å². The van der Waals surface area contributed by atoms with E-state index >= 15 is 0 Å². The summed E-state index contributed by atoms with van der Waals surface area (Å²) >= 11 is 0. The fraction of sp³-hybridized carbons (Fsp3) is 0.333. The number of rotatable bonds is 3. The normalized spacial score (nSPS) is 10.7. The van der Waals surface area contributed by atoms with Crippen LogP contribution in [0.5, 0.6) is 0 Å². The highest BCUT2D eigenvalue weighted by atomic mass is 16.5. The average Bonchev–Trinajstić information content (AvgIpc) is 2.59. The first-order valence-corrected chi connectivity index (χ1v) is 5.18. The zero-order valence-electron chi connectivity index (χ0n) is 9.77. The van der Waals surface area contributed by atoms with E-state index in [0.29, 0.717) is 6.73 Å². The van der Waals surface area contributed by atoms with Crippen molar-refractivity contribution in [2.24, 2.45) is 0 Å². The fourth-order valence-electron chi connectivity index (χ4n) is 1.74. The number of nitrogens with zero attached hydrogens (tertiary/aromatic N) is 3. The first-order valence-electron chi connectivity index (χ1n) is 5.18. The third-order valence-corrected chi connectivity index (χ3v) is 2.58. The van der Waals surface area contributed by atoms with Gasteiger partial charge in [-0.1, -0.05) is 6.07 Å². The van der Waals surface area contributed by atoms with Gasteiger partial charge in [-0.05, 0) is 26.0 Å². The Bertz CT molecular complexity index is 477. The topological polar surface area (TPSA) is 39.9 Å². The second kappa shape index (κ2) is 4.45. The van der Waals surface area contributed by atoms with Crippen LogP contribution in [-0.4, -0.2) is 21.6 Å². The average molecular weight is 217 g/mol. The Hall–Kier alpha value is -1.68. The predicted molar refractivity (Wildman–Crippen MR) is 61.9 cm³/mol. The molecule has 0 saturated heterocycles. The van der Waals surface area contributed by atoms with E-state index in [1.54, 1.807) is 13.3 Å². The summed E-state index contributed by atoms with van der Waals surface area (Å²) in [4.78, 5) is 8.83. The predicted octanol–water partition coefficient (Wildman–Crippen LogP) is 2.17. The maximum atomic E-state index is 5.14. The third kappa shape index (κ3) is 1.84. The largest absolute Gasteiger partial charge is 0.364 e. The summed E-state index contributed by atoms with van der Waals surface area (Å²) in [5.41, 5.74) is 2.91. The highest BCUT2D eigenvalue weighted by Gasteiger charge is 2.12. The number of aryl methyl sites for hydroxylation is 1. The molecule has 0 aliphatic rings. The summed E-state index contributed by atoms with van der Waals surface area (Å²) in [6.45, 7) is 4.53. The highest BCUT2D eigenvalue weighted by Crippen LogP contribution is 2.21. The molecule has 2 heterocycles. The van der Waals surface area contributed by atoms with Crippen LogP contribution in [0.15, 0.2) is 24.4 Å². The number of imidazole rings is 1. The highest BCUT2D eigenvalue weighted by molar-refractivity contribution is 5.57. The van der Waals surface area contributed by atoms with Gasteiger partial charge in [0.05, 0.1) is 5.69 Å². The molecule has 0 aliphatic carbocycles. The summed E-state index contributed by atoms with van der Waals surface area (Å²) in [7, 11) is 1.68. The second-order valence-electron chi connectivity index (χ2n) is 3.65. The first-order chi connectivity index (χ1) is 7.74. The quantitative estimate of drug-likeness (QED) is 0.791. The summed E-state index contributed by atoms with van der Waals surface area (Å²) in [5.74, 6) is 0.944. The molecule has 0 unspecified atom stereocenters. The number of methoxy groups -OCH3 is 1. The molecule has 0 radical (unpaired) electrons. The number of hydrogen-bond acceptors (Lipinski definition) is 3. The lowest BCUT2D eigenvalue weighted by Gasteiger charge is -2.05. The zero-order chi connectivity index (χ0) is 11.5. The van der Waals surface area contributed by atoms with E-state index in [1.807, 2.05) is 36.6 Å². The van der Waals surface area contributed by atoms with E-state index < -0.39 is 0 Å². The van der Waals surface area contributed by atoms with Crippen LogP contribution in [0, 0.1) is 13.8 Å². The smallest absolute Gasteiger partial charge is 0.123 e. The molecule has 4 heteroatoms. The molecule has 0 spiro atoms. The molecule has 16 heavy (non-hydrogen) atoms. The van der Waals surface area contributed by atoms with Gasteiger partial charge in [0, 0.05) is 19.0 Å². The van der Waals surface area contributed by atoms with Crippen LogP contribution in [-0.2, 0) is 11.5 Å². The molecule has 2 aromatic heterocycles. The van der Waals surface area contributed by atoms with Gasteiger partial charge in [-0.3, -0.25) is 4.98 Å². The number of pyridine rings is 1. The molecular weight excluding hydrogens is 202 g/mol. The van der Waals surface area contributed by atoms with Crippen LogP contribution in [0.2, 0.25) is 0 Å². The molecule has 0 fully saturated rings. The van der Waals surface area contributed by atoms with Crippen molar-refractivity contribution in [2.75, 3.05) is 7.11 Å². The minimum Gasteiger partial charge on any atom is -0.364 e. The van der Waals surface area contributed by atoms with Crippen molar-refractivity contribution in [2.45, 2.75) is 20.6 Å². The minimum atomic E-state index is 0.525. The maximum absolute atomic E-state index is 5.14. The van der Waals surface area contributed by atoms with Crippen LogP contribution in [0.1, 0.15) is 11.5 Å². The van der Waals surface area contributed by atoms with Crippen molar-refractivity contribution in [3.05, 3.63) is 35.9 Å². The Morgan fingerprint density at radius 2 is 2.12 bits per heavy atom. The molecule has 0 amide bonds. The molecule has 2 rings (SSSR count). The van der Waals surface area contributed by atoms with Gasteiger partial charge >= 0.3 is 0 Å². The zero-order valence-corrected chi connectivity index (χ0v) is 9.77. The molecule has 0 atom stereocenters. The van der Waals surface area contributed by atoms with Gasteiger partial charge in [0.25, 0.3) is 0 Å². The van der Waals surface area contributed by atoms with Gasteiger partial charge in [0.1, 0.15) is 18.2 Å². The summed E-state index contributed by atoms with van der Waals surface area (Å²) in [6.07, 6.45) is 1.78. The maximum Gasteiger partial charge on any atom is 0.123 e. The lowest BCUT2D eigenvalue weighted by Crippen LogP contribution is -2.04. The van der Waals surface area contributed by atoms with E-state index in [4.69, 9.17) is 4.74 Å². The van der Waals surface area contributed by atoms with Gasteiger partial charge in [-0.2, -0.15) is 0 Å². The second-order valence-corrected chi connectivity index (χ2v) is 3.65. The molecule has 4 nitrogen and oxygen atoms in total. The van der Waals surface area contributed by atoms with E-state index in [-0.39, 0.29) is 0 Å². The molecule has 0 bridgehead atoms. The molecule has 0 saturated carbocycles. The van der Waals surface area contributed by atoms with Crippen LogP contribution < -0.4 is 0 Å². The fourth-order valence-corrected chi connectivity index (χ4v) is 1.74. The van der Waals surface area contributed by atoms with E-state index in [0.717, 1.165) is 22.9 Å². The first kappa shape index (κ1) is 10.8. The SMILES string of the molecule is COCn1c(C)nc(-c2ccccn2)c1C. The Balaban J connectivity index is 2.47. The number of ether oxygens (including phenoxy) is 1. The van der Waals surface area contributed by atoms with Crippen molar-refractivity contribution in [3.8, 4) is 11.4 Å². The van der Waals surface area contributed by atoms with Crippen LogP contribution in [0.4, 0.5) is 0 Å². The van der Waals surface area contributed by atoms with E-state index in [2.05, 4.69) is 9.97 Å². The summed E-state index contributed by atoms with van der Waals surface area (Å²) in [6, 6.07) is 5.83. The van der Waals surface area contributed by atoms with Crippen LogP contribution >= 0.6 is 0 Å². The molecule has 0 aromatic carbocycles. The van der Waals surface area contributed by atoms with Crippen LogP contribution in [0.3, 0.4) is 0 Å². The molecule has 0 aliphatic heterocycles.